The Hall–Kier alpha value is -2.11. The predicted molar refractivity (Wildman–Crippen MR) is 91.1 cm³/mol. The molecule has 2 rings (SSSR count). The largest absolute Gasteiger partial charge is 0.339 e. The number of hydrogen-bond donors (Lipinski definition) is 1. The van der Waals surface area contributed by atoms with Gasteiger partial charge in [-0.15, -0.1) is 0 Å². The van der Waals surface area contributed by atoms with Crippen LogP contribution in [0.3, 0.4) is 0 Å². The summed E-state index contributed by atoms with van der Waals surface area (Å²) in [4.78, 5) is 27.8. The van der Waals surface area contributed by atoms with Crippen molar-refractivity contribution < 1.29 is 14.0 Å². The van der Waals surface area contributed by atoms with Crippen LogP contribution in [0, 0.1) is 11.7 Å². The van der Waals surface area contributed by atoms with Crippen molar-refractivity contribution in [2.24, 2.45) is 5.92 Å². The topological polar surface area (TPSA) is 52.7 Å². The molecule has 0 spiro atoms. The van der Waals surface area contributed by atoms with Crippen molar-refractivity contribution in [1.82, 2.24) is 15.1 Å². The minimum absolute atomic E-state index is 0.0143. The maximum Gasteiger partial charge on any atom is 0.317 e. The summed E-state index contributed by atoms with van der Waals surface area (Å²) in [6.07, 6.45) is 0.696. The van der Waals surface area contributed by atoms with Crippen molar-refractivity contribution >= 4 is 11.9 Å². The van der Waals surface area contributed by atoms with Crippen molar-refractivity contribution in [3.8, 4) is 0 Å². The standard InChI is InChI=1S/C18H26FN3O2/c1-14(2)13-20-18(24)22-11-9-21(10-12-22)17(23)8-7-15-5-3-4-6-16(15)19/h3-6,14H,7-13H2,1-2H3,(H,20,24). The minimum atomic E-state index is -0.267. The van der Waals surface area contributed by atoms with Crippen LogP contribution in [0.5, 0.6) is 0 Å². The lowest BCUT2D eigenvalue weighted by atomic mass is 10.1. The van der Waals surface area contributed by atoms with Gasteiger partial charge in [-0.05, 0) is 24.0 Å². The molecule has 1 saturated heterocycles. The fourth-order valence-electron chi connectivity index (χ4n) is 2.66. The Labute approximate surface area is 142 Å². The number of rotatable bonds is 5. The molecule has 1 N–H and O–H groups in total. The number of amides is 3. The Balaban J connectivity index is 1.74. The van der Waals surface area contributed by atoms with E-state index in [0.29, 0.717) is 57.0 Å². The molecule has 1 aromatic carbocycles. The number of halogens is 1. The van der Waals surface area contributed by atoms with Crippen molar-refractivity contribution in [2.45, 2.75) is 26.7 Å². The zero-order chi connectivity index (χ0) is 17.5. The van der Waals surface area contributed by atoms with Gasteiger partial charge < -0.3 is 15.1 Å². The second-order valence-electron chi connectivity index (χ2n) is 6.54. The molecule has 1 heterocycles. The van der Waals surface area contributed by atoms with Gasteiger partial charge in [-0.2, -0.15) is 0 Å². The van der Waals surface area contributed by atoms with Crippen LogP contribution in [-0.4, -0.2) is 54.5 Å². The van der Waals surface area contributed by atoms with Crippen molar-refractivity contribution in [3.63, 3.8) is 0 Å². The third-order valence-corrected chi connectivity index (χ3v) is 4.15. The number of carbonyl (C=O) groups is 2. The molecule has 1 aliphatic rings. The number of carbonyl (C=O) groups excluding carboxylic acids is 2. The zero-order valence-electron chi connectivity index (χ0n) is 14.4. The molecule has 3 amide bonds. The molecular formula is C18H26FN3O2. The maximum atomic E-state index is 13.6. The van der Waals surface area contributed by atoms with E-state index in [4.69, 9.17) is 0 Å². The predicted octanol–water partition coefficient (Wildman–Crippen LogP) is 2.27. The summed E-state index contributed by atoms with van der Waals surface area (Å²) in [5, 5.41) is 2.89. The lowest BCUT2D eigenvalue weighted by Crippen LogP contribution is -2.53. The highest BCUT2D eigenvalue weighted by molar-refractivity contribution is 5.78. The number of benzene rings is 1. The molecule has 0 bridgehead atoms. The second-order valence-corrected chi connectivity index (χ2v) is 6.54. The fourth-order valence-corrected chi connectivity index (χ4v) is 2.66. The first kappa shape index (κ1) is 18.2. The Bertz CT molecular complexity index is 569. The number of nitrogens with one attached hydrogen (secondary N) is 1. The first-order valence-corrected chi connectivity index (χ1v) is 8.51. The fraction of sp³-hybridized carbons (Fsp3) is 0.556. The minimum Gasteiger partial charge on any atom is -0.339 e. The highest BCUT2D eigenvalue weighted by Crippen LogP contribution is 2.11. The van der Waals surface area contributed by atoms with Gasteiger partial charge in [-0.1, -0.05) is 32.0 Å². The first-order chi connectivity index (χ1) is 11.5. The molecular weight excluding hydrogens is 309 g/mol. The van der Waals surface area contributed by atoms with Crippen molar-refractivity contribution in [3.05, 3.63) is 35.6 Å². The number of piperazine rings is 1. The van der Waals surface area contributed by atoms with E-state index in [9.17, 15) is 14.0 Å². The van der Waals surface area contributed by atoms with Crippen LogP contribution >= 0.6 is 0 Å². The zero-order valence-corrected chi connectivity index (χ0v) is 14.4. The van der Waals surface area contributed by atoms with E-state index in [1.54, 1.807) is 28.0 Å². The van der Waals surface area contributed by atoms with Gasteiger partial charge in [0, 0.05) is 39.1 Å². The van der Waals surface area contributed by atoms with Gasteiger partial charge in [0.15, 0.2) is 0 Å². The van der Waals surface area contributed by atoms with Gasteiger partial charge in [-0.3, -0.25) is 4.79 Å². The molecule has 24 heavy (non-hydrogen) atoms. The van der Waals surface area contributed by atoms with Crippen molar-refractivity contribution in [2.75, 3.05) is 32.7 Å². The van der Waals surface area contributed by atoms with Gasteiger partial charge >= 0.3 is 6.03 Å². The Morgan fingerprint density at radius 2 is 1.75 bits per heavy atom. The molecule has 0 atom stereocenters. The molecule has 1 aromatic rings. The van der Waals surface area contributed by atoms with E-state index >= 15 is 0 Å². The van der Waals surface area contributed by atoms with E-state index in [1.165, 1.54) is 6.07 Å². The molecule has 0 radical (unpaired) electrons. The monoisotopic (exact) mass is 335 g/mol. The highest BCUT2D eigenvalue weighted by atomic mass is 19.1. The molecule has 0 saturated carbocycles. The van der Waals surface area contributed by atoms with Crippen LogP contribution in [0.2, 0.25) is 0 Å². The molecule has 5 nitrogen and oxygen atoms in total. The summed E-state index contributed by atoms with van der Waals surface area (Å²) >= 11 is 0. The summed E-state index contributed by atoms with van der Waals surface area (Å²) in [5.41, 5.74) is 0.567. The van der Waals surface area contributed by atoms with Crippen LogP contribution in [0.4, 0.5) is 9.18 Å². The molecule has 0 aromatic heterocycles. The van der Waals surface area contributed by atoms with Gasteiger partial charge in [-0.25, -0.2) is 9.18 Å². The van der Waals surface area contributed by atoms with Gasteiger partial charge in [0.1, 0.15) is 5.82 Å². The third kappa shape index (κ3) is 5.22. The lowest BCUT2D eigenvalue weighted by Gasteiger charge is -2.35. The Morgan fingerprint density at radius 3 is 2.38 bits per heavy atom. The molecule has 6 heteroatoms. The van der Waals surface area contributed by atoms with Crippen LogP contribution in [-0.2, 0) is 11.2 Å². The summed E-state index contributed by atoms with van der Waals surface area (Å²) in [7, 11) is 0. The number of aryl methyl sites for hydroxylation is 1. The molecule has 0 aliphatic carbocycles. The summed E-state index contributed by atoms with van der Waals surface area (Å²) in [5.74, 6) is 0.160. The number of nitrogens with zero attached hydrogens (tertiary/aromatic N) is 2. The van der Waals surface area contributed by atoms with Gasteiger partial charge in [0.25, 0.3) is 0 Å². The Morgan fingerprint density at radius 1 is 1.12 bits per heavy atom. The summed E-state index contributed by atoms with van der Waals surface area (Å²) < 4.78 is 13.6. The van der Waals surface area contributed by atoms with Crippen LogP contribution < -0.4 is 5.32 Å². The Kier molecular flexibility index (Phi) is 6.58. The highest BCUT2D eigenvalue weighted by Gasteiger charge is 2.23. The number of hydrogen-bond acceptors (Lipinski definition) is 2. The van der Waals surface area contributed by atoms with Crippen molar-refractivity contribution in [1.29, 1.82) is 0 Å². The smallest absolute Gasteiger partial charge is 0.317 e. The average Bonchev–Trinajstić information content (AvgIpc) is 2.58. The van der Waals surface area contributed by atoms with E-state index in [-0.39, 0.29) is 17.8 Å². The second kappa shape index (κ2) is 8.66. The van der Waals surface area contributed by atoms with Gasteiger partial charge in [0.2, 0.25) is 5.91 Å². The molecule has 132 valence electrons. The summed E-state index contributed by atoms with van der Waals surface area (Å²) in [6, 6.07) is 6.47. The average molecular weight is 335 g/mol. The van der Waals surface area contributed by atoms with E-state index in [1.807, 2.05) is 13.8 Å². The summed E-state index contributed by atoms with van der Waals surface area (Å²) in [6.45, 7) is 6.89. The number of urea groups is 1. The van der Waals surface area contributed by atoms with Crippen LogP contribution in [0.15, 0.2) is 24.3 Å². The molecule has 1 fully saturated rings. The third-order valence-electron chi connectivity index (χ3n) is 4.15. The van der Waals surface area contributed by atoms with Crippen LogP contribution in [0.25, 0.3) is 0 Å². The quantitative estimate of drug-likeness (QED) is 0.897. The van der Waals surface area contributed by atoms with Crippen LogP contribution in [0.1, 0.15) is 25.8 Å². The lowest BCUT2D eigenvalue weighted by molar-refractivity contribution is -0.132. The van der Waals surface area contributed by atoms with E-state index in [2.05, 4.69) is 5.32 Å². The molecule has 0 unspecified atom stereocenters. The maximum absolute atomic E-state index is 13.6. The van der Waals surface area contributed by atoms with E-state index < -0.39 is 0 Å². The SMILES string of the molecule is CC(C)CNC(=O)N1CCN(C(=O)CCc2ccccc2F)CC1. The van der Waals surface area contributed by atoms with Gasteiger partial charge in [0.05, 0.1) is 0 Å². The molecule has 1 aliphatic heterocycles. The first-order valence-electron chi connectivity index (χ1n) is 8.51. The van der Waals surface area contributed by atoms with E-state index in [0.717, 1.165) is 0 Å². The normalized spacial score (nSPS) is 14.8.